The Morgan fingerprint density at radius 3 is 1.35 bits per heavy atom. The molecule has 0 spiro atoms. The average Bonchev–Trinajstić information content (AvgIpc) is 4.01. The standard InChI is InChI=1S/C44H42N6O4/c1-47-27-35(33-9-3-5-11-37(33)47)43(53)49-25-7-13-39(49)41(51)45-31-21-17-29(18-22-31)15-16-30-19-23-32(24-20-30)46-42(52)40-14-8-26-50(40)44(54)36-28-48(2)38-12-6-4-10-34(36)38/h3-6,9-12,15-24,27-28,39-40H,7-8,13-14,25-26H2,1-2H3,(H,45,51)(H,46,52)/b16-15+/t39-,40-/m1/s1. The van der Waals surface area contributed by atoms with E-state index in [0.29, 0.717) is 48.4 Å². The highest BCUT2D eigenvalue weighted by molar-refractivity contribution is 6.10. The maximum atomic E-state index is 13.6. The van der Waals surface area contributed by atoms with Gasteiger partial charge in [0.2, 0.25) is 11.8 Å². The fourth-order valence-corrected chi connectivity index (χ4v) is 7.90. The van der Waals surface area contributed by atoms with Crippen molar-refractivity contribution >= 4 is 69.0 Å². The van der Waals surface area contributed by atoms with Gasteiger partial charge in [0, 0.05) is 72.8 Å². The minimum absolute atomic E-state index is 0.120. The summed E-state index contributed by atoms with van der Waals surface area (Å²) in [6.07, 6.45) is 10.5. The van der Waals surface area contributed by atoms with Crippen molar-refractivity contribution in [1.29, 1.82) is 0 Å². The zero-order valence-corrected chi connectivity index (χ0v) is 30.4. The molecule has 54 heavy (non-hydrogen) atoms. The van der Waals surface area contributed by atoms with E-state index in [-0.39, 0.29) is 23.6 Å². The van der Waals surface area contributed by atoms with Crippen LogP contribution in [-0.2, 0) is 23.7 Å². The van der Waals surface area contributed by atoms with Crippen molar-refractivity contribution in [1.82, 2.24) is 18.9 Å². The zero-order valence-electron chi connectivity index (χ0n) is 30.4. The van der Waals surface area contributed by atoms with Crippen molar-refractivity contribution in [2.45, 2.75) is 37.8 Å². The maximum absolute atomic E-state index is 13.6. The van der Waals surface area contributed by atoms with Gasteiger partial charge < -0.3 is 29.6 Å². The van der Waals surface area contributed by atoms with Crippen LogP contribution < -0.4 is 10.6 Å². The molecule has 2 aromatic heterocycles. The van der Waals surface area contributed by atoms with E-state index < -0.39 is 12.1 Å². The number of aromatic nitrogens is 2. The molecule has 4 amide bonds. The molecule has 0 unspecified atom stereocenters. The van der Waals surface area contributed by atoms with Crippen LogP contribution in [0, 0.1) is 0 Å². The Bertz CT molecular complexity index is 2250. The van der Waals surface area contributed by atoms with Gasteiger partial charge in [-0.15, -0.1) is 0 Å². The van der Waals surface area contributed by atoms with Crippen LogP contribution in [0.5, 0.6) is 0 Å². The lowest BCUT2D eigenvalue weighted by molar-refractivity contribution is -0.120. The van der Waals surface area contributed by atoms with Crippen LogP contribution >= 0.6 is 0 Å². The molecule has 0 radical (unpaired) electrons. The predicted octanol–water partition coefficient (Wildman–Crippen LogP) is 7.33. The largest absolute Gasteiger partial charge is 0.350 e. The van der Waals surface area contributed by atoms with Gasteiger partial charge >= 0.3 is 0 Å². The van der Waals surface area contributed by atoms with E-state index in [4.69, 9.17) is 0 Å². The van der Waals surface area contributed by atoms with Crippen molar-refractivity contribution in [2.24, 2.45) is 14.1 Å². The van der Waals surface area contributed by atoms with Gasteiger partial charge in [0.05, 0.1) is 11.1 Å². The molecule has 2 saturated heterocycles. The molecule has 272 valence electrons. The molecule has 2 N–H and O–H groups in total. The molecule has 2 fully saturated rings. The zero-order chi connectivity index (χ0) is 37.3. The second-order valence-corrected chi connectivity index (χ2v) is 14.2. The first-order valence-corrected chi connectivity index (χ1v) is 18.4. The van der Waals surface area contributed by atoms with Gasteiger partial charge in [-0.3, -0.25) is 19.2 Å². The molecule has 0 aliphatic carbocycles. The van der Waals surface area contributed by atoms with E-state index in [9.17, 15) is 19.2 Å². The Hall–Kier alpha value is -6.42. The van der Waals surface area contributed by atoms with Gasteiger partial charge in [0.15, 0.2) is 0 Å². The van der Waals surface area contributed by atoms with Gasteiger partial charge in [-0.1, -0.05) is 72.8 Å². The number of anilines is 2. The molecular formula is C44H42N6O4. The average molecular weight is 719 g/mol. The van der Waals surface area contributed by atoms with Crippen molar-refractivity contribution in [3.05, 3.63) is 132 Å². The second-order valence-electron chi connectivity index (χ2n) is 14.2. The number of hydrogen-bond donors (Lipinski definition) is 2. The Labute approximate surface area is 313 Å². The lowest BCUT2D eigenvalue weighted by Crippen LogP contribution is -2.43. The highest BCUT2D eigenvalue weighted by Gasteiger charge is 2.37. The van der Waals surface area contributed by atoms with Crippen molar-refractivity contribution in [3.8, 4) is 0 Å². The van der Waals surface area contributed by atoms with E-state index in [1.165, 1.54) is 0 Å². The van der Waals surface area contributed by atoms with Crippen LogP contribution in [-0.4, -0.2) is 67.7 Å². The molecule has 10 heteroatoms. The lowest BCUT2D eigenvalue weighted by atomic mass is 10.1. The summed E-state index contributed by atoms with van der Waals surface area (Å²) in [5.74, 6) is -0.614. The van der Waals surface area contributed by atoms with Gasteiger partial charge in [-0.05, 0) is 73.2 Å². The summed E-state index contributed by atoms with van der Waals surface area (Å²) in [6, 6.07) is 29.7. The van der Waals surface area contributed by atoms with Crippen LogP contribution in [0.3, 0.4) is 0 Å². The molecule has 10 nitrogen and oxygen atoms in total. The van der Waals surface area contributed by atoms with Crippen LogP contribution in [0.1, 0.15) is 57.5 Å². The van der Waals surface area contributed by atoms with E-state index in [0.717, 1.165) is 45.8 Å². The Morgan fingerprint density at radius 1 is 0.556 bits per heavy atom. The molecule has 0 saturated carbocycles. The molecule has 2 atom stereocenters. The summed E-state index contributed by atoms with van der Waals surface area (Å²) in [5.41, 5.74) is 6.44. The molecule has 2 aliphatic rings. The number of carbonyl (C=O) groups is 4. The number of amides is 4. The summed E-state index contributed by atoms with van der Waals surface area (Å²) in [7, 11) is 3.85. The summed E-state index contributed by atoms with van der Waals surface area (Å²) < 4.78 is 3.89. The minimum atomic E-state index is -0.529. The number of hydrogen-bond acceptors (Lipinski definition) is 4. The van der Waals surface area contributed by atoms with Crippen LogP contribution in [0.2, 0.25) is 0 Å². The summed E-state index contributed by atoms with van der Waals surface area (Å²) in [5, 5.41) is 7.80. The lowest BCUT2D eigenvalue weighted by Gasteiger charge is -2.24. The number of rotatable bonds is 8. The third kappa shape index (κ3) is 6.67. The van der Waals surface area contributed by atoms with E-state index in [1.54, 1.807) is 9.80 Å². The second kappa shape index (κ2) is 14.5. The molecule has 4 aromatic carbocycles. The number of likely N-dealkylation sites (tertiary alicyclic amines) is 2. The number of aryl methyl sites for hydroxylation is 2. The Balaban J connectivity index is 0.858. The van der Waals surface area contributed by atoms with Crippen LogP contribution in [0.25, 0.3) is 34.0 Å². The van der Waals surface area contributed by atoms with Crippen molar-refractivity contribution in [2.75, 3.05) is 23.7 Å². The van der Waals surface area contributed by atoms with Crippen molar-refractivity contribution < 1.29 is 19.2 Å². The van der Waals surface area contributed by atoms with Crippen LogP contribution in [0.15, 0.2) is 109 Å². The van der Waals surface area contributed by atoms with E-state index >= 15 is 0 Å². The number of benzene rings is 4. The topological polar surface area (TPSA) is 109 Å². The number of carbonyl (C=O) groups excluding carboxylic acids is 4. The highest BCUT2D eigenvalue weighted by atomic mass is 16.2. The van der Waals surface area contributed by atoms with Gasteiger partial charge in [0.25, 0.3) is 11.8 Å². The molecule has 2 aliphatic heterocycles. The Morgan fingerprint density at radius 2 is 0.944 bits per heavy atom. The molecule has 4 heterocycles. The summed E-state index contributed by atoms with van der Waals surface area (Å²) >= 11 is 0. The molecule has 0 bridgehead atoms. The normalized spacial score (nSPS) is 17.1. The monoisotopic (exact) mass is 718 g/mol. The Kier molecular flexibility index (Phi) is 9.33. The smallest absolute Gasteiger partial charge is 0.256 e. The van der Waals surface area contributed by atoms with Gasteiger partial charge in [0.1, 0.15) is 12.1 Å². The first-order valence-electron chi connectivity index (χ1n) is 18.4. The fraction of sp³-hybridized carbons (Fsp3) is 0.227. The number of nitrogens with zero attached hydrogens (tertiary/aromatic N) is 4. The summed E-state index contributed by atoms with van der Waals surface area (Å²) in [6.45, 7) is 1.09. The van der Waals surface area contributed by atoms with Gasteiger partial charge in [-0.2, -0.15) is 0 Å². The van der Waals surface area contributed by atoms with Gasteiger partial charge in [-0.25, -0.2) is 0 Å². The fourth-order valence-electron chi connectivity index (χ4n) is 7.90. The number of fused-ring (bicyclic) bond motifs is 2. The molecular weight excluding hydrogens is 677 g/mol. The molecule has 6 aromatic rings. The number of para-hydroxylation sites is 2. The van der Waals surface area contributed by atoms with E-state index in [1.807, 2.05) is 145 Å². The predicted molar refractivity (Wildman–Crippen MR) is 213 cm³/mol. The highest BCUT2D eigenvalue weighted by Crippen LogP contribution is 2.29. The maximum Gasteiger partial charge on any atom is 0.256 e. The summed E-state index contributed by atoms with van der Waals surface area (Å²) in [4.78, 5) is 57.3. The first-order chi connectivity index (χ1) is 26.2. The van der Waals surface area contributed by atoms with Crippen molar-refractivity contribution in [3.63, 3.8) is 0 Å². The third-order valence-corrected chi connectivity index (χ3v) is 10.7. The first kappa shape index (κ1) is 34.7. The minimum Gasteiger partial charge on any atom is -0.350 e. The number of nitrogens with one attached hydrogen (secondary N) is 2. The third-order valence-electron chi connectivity index (χ3n) is 10.7. The SMILES string of the molecule is Cn1cc(C(=O)N2CCC[C@@H]2C(=O)Nc2ccc(/C=C/c3ccc(NC(=O)[C@H]4CCCN4C(=O)c4cn(C)c5ccccc45)cc3)cc2)c2ccccc21. The van der Waals surface area contributed by atoms with E-state index in [2.05, 4.69) is 10.6 Å². The molecule has 8 rings (SSSR count). The van der Waals surface area contributed by atoms with Crippen LogP contribution in [0.4, 0.5) is 11.4 Å². The quantitative estimate of drug-likeness (QED) is 0.161.